The van der Waals surface area contributed by atoms with Crippen LogP contribution in [0.3, 0.4) is 0 Å². The Morgan fingerprint density at radius 1 is 1.12 bits per heavy atom. The van der Waals surface area contributed by atoms with Gasteiger partial charge in [0.1, 0.15) is 12.3 Å². The fourth-order valence-corrected chi connectivity index (χ4v) is 3.92. The third-order valence-electron chi connectivity index (χ3n) is 5.47. The van der Waals surface area contributed by atoms with E-state index >= 15 is 0 Å². The highest BCUT2D eigenvalue weighted by Crippen LogP contribution is 2.29. The van der Waals surface area contributed by atoms with E-state index < -0.39 is 0 Å². The van der Waals surface area contributed by atoms with Crippen molar-refractivity contribution < 1.29 is 14.3 Å². The molecule has 7 nitrogen and oxygen atoms in total. The predicted octanol–water partition coefficient (Wildman–Crippen LogP) is 4.68. The first kappa shape index (κ1) is 22.9. The lowest BCUT2D eigenvalue weighted by atomic mass is 10.1. The number of hydrogen-bond donors (Lipinski definition) is 1. The average Bonchev–Trinajstić information content (AvgIpc) is 3.46. The summed E-state index contributed by atoms with van der Waals surface area (Å²) < 4.78 is 7.65. The monoisotopic (exact) mass is 466 g/mol. The Hall–Kier alpha value is -3.32. The minimum absolute atomic E-state index is 0.0273. The molecule has 1 aromatic heterocycles. The highest BCUT2D eigenvalue weighted by Gasteiger charge is 2.27. The molecular formula is C25H27ClN4O3. The lowest BCUT2D eigenvalue weighted by molar-refractivity contribution is -0.118. The van der Waals surface area contributed by atoms with Gasteiger partial charge in [0, 0.05) is 10.6 Å². The molecule has 0 radical (unpaired) electrons. The third kappa shape index (κ3) is 5.54. The van der Waals surface area contributed by atoms with Gasteiger partial charge in [0.05, 0.1) is 24.7 Å². The zero-order chi connectivity index (χ0) is 23.2. The molecule has 0 unspecified atom stereocenters. The summed E-state index contributed by atoms with van der Waals surface area (Å²) in [5.41, 5.74) is 2.59. The number of nitrogens with zero attached hydrogens (tertiary/aromatic N) is 3. The summed E-state index contributed by atoms with van der Waals surface area (Å²) in [6.45, 7) is 3.05. The van der Waals surface area contributed by atoms with Crippen molar-refractivity contribution in [1.29, 1.82) is 0 Å². The molecule has 2 aromatic carbocycles. The molecule has 1 fully saturated rings. The summed E-state index contributed by atoms with van der Waals surface area (Å²) in [5, 5.41) is 7.80. The van der Waals surface area contributed by atoms with E-state index in [1.54, 1.807) is 22.9 Å². The molecule has 0 atom stereocenters. The Morgan fingerprint density at radius 2 is 1.97 bits per heavy atom. The zero-order valence-electron chi connectivity index (χ0n) is 18.6. The summed E-state index contributed by atoms with van der Waals surface area (Å²) in [4.78, 5) is 26.0. The standard InChI is InChI=1S/C25H27ClN4O3/c1-2-3-4-5-12-33-21-11-6-8-18(13-21)23-15-22(25(32)29-16-24(31)27-17-29)28-30(23)20-10-7-9-19(26)14-20/h6-11,13-15H,2-5,12,16-17H2,1H3,(H,27,31). The van der Waals surface area contributed by atoms with Crippen LogP contribution in [0.1, 0.15) is 43.1 Å². The lowest BCUT2D eigenvalue weighted by Gasteiger charge is -2.11. The Balaban J connectivity index is 1.65. The van der Waals surface area contributed by atoms with E-state index in [-0.39, 0.29) is 30.7 Å². The second-order valence-corrected chi connectivity index (χ2v) is 8.44. The summed E-state index contributed by atoms with van der Waals surface area (Å²) >= 11 is 6.22. The maximum absolute atomic E-state index is 13.0. The summed E-state index contributed by atoms with van der Waals surface area (Å²) in [7, 11) is 0. The minimum Gasteiger partial charge on any atom is -0.494 e. The van der Waals surface area contributed by atoms with E-state index in [9.17, 15) is 9.59 Å². The van der Waals surface area contributed by atoms with Gasteiger partial charge in [0.15, 0.2) is 5.69 Å². The van der Waals surface area contributed by atoms with Crippen molar-refractivity contribution in [2.75, 3.05) is 19.8 Å². The number of carbonyl (C=O) groups is 2. The van der Waals surface area contributed by atoms with Gasteiger partial charge < -0.3 is 15.0 Å². The van der Waals surface area contributed by atoms with Crippen LogP contribution < -0.4 is 10.1 Å². The number of hydrogen-bond acceptors (Lipinski definition) is 4. The van der Waals surface area contributed by atoms with Crippen molar-refractivity contribution in [3.63, 3.8) is 0 Å². The van der Waals surface area contributed by atoms with Crippen LogP contribution in [-0.2, 0) is 4.79 Å². The average molecular weight is 467 g/mol. The Bertz CT molecular complexity index is 1140. The SMILES string of the molecule is CCCCCCOc1cccc(-c2cc(C(=O)N3CNC(=O)C3)nn2-c2cccc(Cl)c2)c1. The molecule has 3 aromatic rings. The first-order valence-electron chi connectivity index (χ1n) is 11.2. The fourth-order valence-electron chi connectivity index (χ4n) is 3.73. The first-order valence-corrected chi connectivity index (χ1v) is 11.6. The molecule has 1 N–H and O–H groups in total. The third-order valence-corrected chi connectivity index (χ3v) is 5.70. The van der Waals surface area contributed by atoms with Gasteiger partial charge in [-0.1, -0.05) is 56.0 Å². The summed E-state index contributed by atoms with van der Waals surface area (Å²) in [5.74, 6) is 0.283. The number of ether oxygens (including phenoxy) is 1. The molecule has 33 heavy (non-hydrogen) atoms. The Kier molecular flexibility index (Phi) is 7.29. The minimum atomic E-state index is -0.307. The van der Waals surface area contributed by atoms with Crippen LogP contribution in [0.4, 0.5) is 0 Å². The quantitative estimate of drug-likeness (QED) is 0.464. The van der Waals surface area contributed by atoms with Crippen LogP contribution in [0.15, 0.2) is 54.6 Å². The van der Waals surface area contributed by atoms with Gasteiger partial charge in [-0.3, -0.25) is 9.59 Å². The molecule has 0 bridgehead atoms. The number of benzene rings is 2. The van der Waals surface area contributed by atoms with E-state index in [4.69, 9.17) is 16.3 Å². The molecule has 8 heteroatoms. The molecule has 1 aliphatic rings. The number of amides is 2. The highest BCUT2D eigenvalue weighted by atomic mass is 35.5. The van der Waals surface area contributed by atoms with E-state index in [1.807, 2.05) is 36.4 Å². The Labute approximate surface area is 198 Å². The van der Waals surface area contributed by atoms with Crippen molar-refractivity contribution in [1.82, 2.24) is 20.0 Å². The second kappa shape index (κ2) is 10.5. The summed E-state index contributed by atoms with van der Waals surface area (Å²) in [6, 6.07) is 16.8. The van der Waals surface area contributed by atoms with Gasteiger partial charge in [-0.2, -0.15) is 5.10 Å². The van der Waals surface area contributed by atoms with Crippen molar-refractivity contribution in [2.45, 2.75) is 32.6 Å². The normalized spacial score (nSPS) is 13.3. The molecule has 4 rings (SSSR count). The molecular weight excluding hydrogens is 440 g/mol. The van der Waals surface area contributed by atoms with E-state index in [2.05, 4.69) is 17.3 Å². The smallest absolute Gasteiger partial charge is 0.276 e. The molecule has 0 aliphatic carbocycles. The van der Waals surface area contributed by atoms with Crippen molar-refractivity contribution in [2.24, 2.45) is 0 Å². The predicted molar refractivity (Wildman–Crippen MR) is 128 cm³/mol. The highest BCUT2D eigenvalue weighted by molar-refractivity contribution is 6.30. The Morgan fingerprint density at radius 3 is 2.73 bits per heavy atom. The number of unbranched alkanes of at least 4 members (excludes halogenated alkanes) is 3. The van der Waals surface area contributed by atoms with Crippen LogP contribution in [0.25, 0.3) is 16.9 Å². The summed E-state index contributed by atoms with van der Waals surface area (Å²) in [6.07, 6.45) is 4.56. The molecule has 2 amide bonds. The van der Waals surface area contributed by atoms with Gasteiger partial charge >= 0.3 is 0 Å². The van der Waals surface area contributed by atoms with Crippen molar-refractivity contribution in [3.8, 4) is 22.7 Å². The van der Waals surface area contributed by atoms with E-state index in [0.29, 0.717) is 11.6 Å². The molecule has 2 heterocycles. The number of rotatable bonds is 9. The lowest BCUT2D eigenvalue weighted by Crippen LogP contribution is -2.30. The van der Waals surface area contributed by atoms with Crippen LogP contribution in [-0.4, -0.2) is 46.3 Å². The number of halogens is 1. The maximum Gasteiger partial charge on any atom is 0.276 e. The van der Waals surface area contributed by atoms with Crippen molar-refractivity contribution in [3.05, 3.63) is 65.3 Å². The largest absolute Gasteiger partial charge is 0.494 e. The molecule has 1 saturated heterocycles. The van der Waals surface area contributed by atoms with Crippen LogP contribution in [0.5, 0.6) is 5.75 Å². The maximum atomic E-state index is 13.0. The number of nitrogens with one attached hydrogen (secondary N) is 1. The number of aromatic nitrogens is 2. The molecule has 0 spiro atoms. The van der Waals surface area contributed by atoms with Crippen LogP contribution >= 0.6 is 11.6 Å². The second-order valence-electron chi connectivity index (χ2n) is 8.00. The van der Waals surface area contributed by atoms with Crippen LogP contribution in [0, 0.1) is 0 Å². The van der Waals surface area contributed by atoms with Gasteiger partial charge in [-0.25, -0.2) is 4.68 Å². The number of carbonyl (C=O) groups excluding carboxylic acids is 2. The molecule has 0 saturated carbocycles. The first-order chi connectivity index (χ1) is 16.0. The van der Waals surface area contributed by atoms with Gasteiger partial charge in [-0.05, 0) is 42.8 Å². The molecule has 172 valence electrons. The van der Waals surface area contributed by atoms with Gasteiger partial charge in [-0.15, -0.1) is 0 Å². The fraction of sp³-hybridized carbons (Fsp3) is 0.320. The van der Waals surface area contributed by atoms with E-state index in [0.717, 1.165) is 35.5 Å². The van der Waals surface area contributed by atoms with Crippen LogP contribution in [0.2, 0.25) is 5.02 Å². The zero-order valence-corrected chi connectivity index (χ0v) is 19.3. The van der Waals surface area contributed by atoms with Crippen molar-refractivity contribution >= 4 is 23.4 Å². The van der Waals surface area contributed by atoms with E-state index in [1.165, 1.54) is 17.7 Å². The topological polar surface area (TPSA) is 76.5 Å². The van der Waals surface area contributed by atoms with Gasteiger partial charge in [0.2, 0.25) is 5.91 Å². The molecule has 1 aliphatic heterocycles. The van der Waals surface area contributed by atoms with Gasteiger partial charge in [0.25, 0.3) is 5.91 Å².